The Labute approximate surface area is 192 Å². The molecule has 0 atom stereocenters. The number of aromatic nitrogens is 2. The normalized spacial score (nSPS) is 15.2. The largest absolute Gasteiger partial charge is 0.437 e. The van der Waals surface area contributed by atoms with Crippen LogP contribution in [0, 0.1) is 0 Å². The Morgan fingerprint density at radius 1 is 0.818 bits per heavy atom. The van der Waals surface area contributed by atoms with Crippen molar-refractivity contribution in [2.24, 2.45) is 0 Å². The van der Waals surface area contributed by atoms with Gasteiger partial charge in [-0.2, -0.15) is 0 Å². The highest BCUT2D eigenvalue weighted by atomic mass is 16.5. The van der Waals surface area contributed by atoms with Crippen molar-refractivity contribution in [3.05, 3.63) is 72.6 Å². The summed E-state index contributed by atoms with van der Waals surface area (Å²) in [6, 6.07) is 17.1. The van der Waals surface area contributed by atoms with E-state index in [1.807, 2.05) is 53.4 Å². The van der Waals surface area contributed by atoms with Gasteiger partial charge >= 0.3 is 0 Å². The third-order valence-corrected chi connectivity index (χ3v) is 6.01. The Bertz CT molecular complexity index is 1150. The van der Waals surface area contributed by atoms with E-state index >= 15 is 0 Å². The molecule has 3 aromatic rings. The predicted octanol–water partition coefficient (Wildman–Crippen LogP) is 3.24. The lowest BCUT2D eigenvalue weighted by Crippen LogP contribution is -2.49. The number of anilines is 2. The Morgan fingerprint density at radius 3 is 2.39 bits per heavy atom. The molecule has 0 radical (unpaired) electrons. The molecule has 2 aliphatic rings. The van der Waals surface area contributed by atoms with Gasteiger partial charge in [-0.15, -0.1) is 0 Å². The van der Waals surface area contributed by atoms with Crippen LogP contribution in [-0.4, -0.2) is 52.9 Å². The Hall–Kier alpha value is -3.94. The molecule has 2 amide bonds. The van der Waals surface area contributed by atoms with Crippen molar-refractivity contribution in [2.75, 3.05) is 36.0 Å². The zero-order valence-electron chi connectivity index (χ0n) is 18.3. The molecule has 5 rings (SSSR count). The highest BCUT2D eigenvalue weighted by molar-refractivity contribution is 5.96. The third-order valence-electron chi connectivity index (χ3n) is 6.01. The smallest absolute Gasteiger partial charge is 0.243 e. The lowest BCUT2D eigenvalue weighted by atomic mass is 10.1. The fraction of sp³-hybridized carbons (Fsp3) is 0.280. The Balaban J connectivity index is 1.22. The van der Waals surface area contributed by atoms with E-state index in [0.29, 0.717) is 37.0 Å². The average Bonchev–Trinajstić information content (AvgIpc) is 3.04. The zero-order chi connectivity index (χ0) is 22.6. The van der Waals surface area contributed by atoms with E-state index in [9.17, 15) is 9.59 Å². The lowest BCUT2D eigenvalue weighted by Gasteiger charge is -2.35. The van der Waals surface area contributed by atoms with Crippen molar-refractivity contribution >= 4 is 23.3 Å². The number of piperazine rings is 1. The number of para-hydroxylation sites is 1. The van der Waals surface area contributed by atoms with Gasteiger partial charge in [0.1, 0.15) is 17.3 Å². The molecule has 0 spiro atoms. The minimum atomic E-state index is -0.120. The second-order valence-electron chi connectivity index (χ2n) is 8.07. The first-order valence-electron chi connectivity index (χ1n) is 11.1. The SMILES string of the molecule is O=C(CCC(=O)N1Cc2ccccc2Oc2ncccc21)N1CCN(c2ccccn2)CC1. The van der Waals surface area contributed by atoms with Crippen molar-refractivity contribution < 1.29 is 14.3 Å². The summed E-state index contributed by atoms with van der Waals surface area (Å²) >= 11 is 0. The number of carbonyl (C=O) groups excluding carboxylic acids is 2. The summed E-state index contributed by atoms with van der Waals surface area (Å²) in [5.74, 6) is 1.89. The molecule has 168 valence electrons. The van der Waals surface area contributed by atoms with Gasteiger partial charge in [-0.3, -0.25) is 9.59 Å². The maximum atomic E-state index is 13.2. The van der Waals surface area contributed by atoms with E-state index in [-0.39, 0.29) is 24.7 Å². The number of hydrogen-bond donors (Lipinski definition) is 0. The number of pyridine rings is 2. The van der Waals surface area contributed by atoms with Gasteiger partial charge in [0.25, 0.3) is 0 Å². The topological polar surface area (TPSA) is 78.9 Å². The molecule has 1 aromatic carbocycles. The van der Waals surface area contributed by atoms with Crippen LogP contribution in [0.15, 0.2) is 67.0 Å². The number of carbonyl (C=O) groups is 2. The van der Waals surface area contributed by atoms with Crippen LogP contribution < -0.4 is 14.5 Å². The monoisotopic (exact) mass is 443 g/mol. The van der Waals surface area contributed by atoms with Gasteiger partial charge in [0.15, 0.2) is 0 Å². The second kappa shape index (κ2) is 9.28. The summed E-state index contributed by atoms with van der Waals surface area (Å²) in [5.41, 5.74) is 1.52. The quantitative estimate of drug-likeness (QED) is 0.616. The minimum absolute atomic E-state index is 0.00176. The third kappa shape index (κ3) is 4.50. The number of rotatable bonds is 4. The first-order chi connectivity index (χ1) is 16.2. The van der Waals surface area contributed by atoms with Crippen molar-refractivity contribution in [2.45, 2.75) is 19.4 Å². The fourth-order valence-electron chi connectivity index (χ4n) is 4.22. The summed E-state index contributed by atoms with van der Waals surface area (Å²) in [6.07, 6.45) is 3.73. The summed E-state index contributed by atoms with van der Waals surface area (Å²) in [6.45, 7) is 3.10. The Morgan fingerprint density at radius 2 is 1.58 bits per heavy atom. The van der Waals surface area contributed by atoms with Crippen LogP contribution in [0.25, 0.3) is 0 Å². The highest BCUT2D eigenvalue weighted by Gasteiger charge is 2.27. The number of fused-ring (bicyclic) bond motifs is 2. The van der Waals surface area contributed by atoms with E-state index in [1.54, 1.807) is 23.4 Å². The van der Waals surface area contributed by atoms with Crippen molar-refractivity contribution in [1.29, 1.82) is 0 Å². The summed E-state index contributed by atoms with van der Waals surface area (Å²) < 4.78 is 5.96. The lowest BCUT2D eigenvalue weighted by molar-refractivity contribution is -0.133. The van der Waals surface area contributed by atoms with Gasteiger partial charge in [-0.25, -0.2) is 9.97 Å². The van der Waals surface area contributed by atoms with Crippen LogP contribution in [0.2, 0.25) is 0 Å². The summed E-state index contributed by atoms with van der Waals surface area (Å²) in [7, 11) is 0. The molecule has 1 fully saturated rings. The first kappa shape index (κ1) is 20.9. The van der Waals surface area contributed by atoms with E-state index in [4.69, 9.17) is 4.74 Å². The molecule has 8 heteroatoms. The first-order valence-corrected chi connectivity index (χ1v) is 11.1. The van der Waals surface area contributed by atoms with Gasteiger partial charge in [0, 0.05) is 57.0 Å². The van der Waals surface area contributed by atoms with Gasteiger partial charge in [0.2, 0.25) is 17.7 Å². The summed E-state index contributed by atoms with van der Waals surface area (Å²) in [5, 5.41) is 0. The Kier molecular flexibility index (Phi) is 5.89. The molecule has 0 saturated carbocycles. The number of hydrogen-bond acceptors (Lipinski definition) is 6. The molecule has 0 N–H and O–H groups in total. The van der Waals surface area contributed by atoms with Crippen molar-refractivity contribution in [3.63, 3.8) is 0 Å². The van der Waals surface area contributed by atoms with Crippen molar-refractivity contribution in [3.8, 4) is 11.6 Å². The molecular formula is C25H25N5O3. The number of nitrogens with zero attached hydrogens (tertiary/aromatic N) is 5. The summed E-state index contributed by atoms with van der Waals surface area (Å²) in [4.78, 5) is 40.4. The molecule has 33 heavy (non-hydrogen) atoms. The minimum Gasteiger partial charge on any atom is -0.437 e. The molecule has 4 heterocycles. The molecule has 0 unspecified atom stereocenters. The molecule has 1 saturated heterocycles. The molecular weight excluding hydrogens is 418 g/mol. The van der Waals surface area contributed by atoms with Gasteiger partial charge in [-0.1, -0.05) is 24.3 Å². The zero-order valence-corrected chi connectivity index (χ0v) is 18.3. The average molecular weight is 444 g/mol. The molecule has 0 bridgehead atoms. The van der Waals surface area contributed by atoms with E-state index < -0.39 is 0 Å². The van der Waals surface area contributed by atoms with Gasteiger partial charge in [-0.05, 0) is 30.3 Å². The van der Waals surface area contributed by atoms with Crippen LogP contribution in [-0.2, 0) is 16.1 Å². The second-order valence-corrected chi connectivity index (χ2v) is 8.07. The van der Waals surface area contributed by atoms with Crippen LogP contribution in [0.4, 0.5) is 11.5 Å². The van der Waals surface area contributed by atoms with E-state index in [1.165, 1.54) is 0 Å². The standard InChI is InChI=1S/C25H25N5O3/c31-23(29-16-14-28(15-17-29)22-9-3-4-12-26-22)10-11-24(32)30-18-19-6-1-2-8-21(19)33-25-20(30)7-5-13-27-25/h1-9,12-13H,10-11,14-18H2. The number of benzene rings is 1. The fourth-order valence-corrected chi connectivity index (χ4v) is 4.22. The van der Waals surface area contributed by atoms with Crippen LogP contribution in [0.5, 0.6) is 11.6 Å². The van der Waals surface area contributed by atoms with Gasteiger partial charge in [0.05, 0.1) is 6.54 Å². The van der Waals surface area contributed by atoms with Crippen LogP contribution >= 0.6 is 0 Å². The van der Waals surface area contributed by atoms with E-state index in [0.717, 1.165) is 24.5 Å². The molecule has 2 aliphatic heterocycles. The number of amides is 2. The number of ether oxygens (including phenoxy) is 1. The molecule has 8 nitrogen and oxygen atoms in total. The molecule has 2 aromatic heterocycles. The van der Waals surface area contributed by atoms with Crippen molar-refractivity contribution in [1.82, 2.24) is 14.9 Å². The highest BCUT2D eigenvalue weighted by Crippen LogP contribution is 2.37. The molecule has 0 aliphatic carbocycles. The van der Waals surface area contributed by atoms with Crippen LogP contribution in [0.1, 0.15) is 18.4 Å². The van der Waals surface area contributed by atoms with Gasteiger partial charge < -0.3 is 19.4 Å². The van der Waals surface area contributed by atoms with E-state index in [2.05, 4.69) is 14.9 Å². The maximum absolute atomic E-state index is 13.2. The predicted molar refractivity (Wildman–Crippen MR) is 124 cm³/mol. The van der Waals surface area contributed by atoms with Crippen LogP contribution in [0.3, 0.4) is 0 Å². The maximum Gasteiger partial charge on any atom is 0.243 e.